The Labute approximate surface area is 146 Å². The van der Waals surface area contributed by atoms with Crippen molar-refractivity contribution in [3.8, 4) is 5.75 Å². The molecular weight excluding hydrogens is 324 g/mol. The van der Waals surface area contributed by atoms with Gasteiger partial charge in [0.2, 0.25) is 0 Å². The molecule has 134 valence electrons. The summed E-state index contributed by atoms with van der Waals surface area (Å²) in [6.45, 7) is 8.23. The number of carbonyl (C=O) groups excluding carboxylic acids is 2. The van der Waals surface area contributed by atoms with Crippen LogP contribution in [0.15, 0.2) is 12.1 Å². The minimum Gasteiger partial charge on any atom is -0.489 e. The van der Waals surface area contributed by atoms with E-state index in [2.05, 4.69) is 4.90 Å². The number of hydrogen-bond acceptors (Lipinski definition) is 6. The normalized spacial score (nSPS) is 21.7. The average Bonchev–Trinajstić information content (AvgIpc) is 2.91. The van der Waals surface area contributed by atoms with Gasteiger partial charge in [-0.15, -0.1) is 0 Å². The molecule has 1 atom stereocenters. The summed E-state index contributed by atoms with van der Waals surface area (Å²) in [4.78, 5) is 28.0. The first-order valence-corrected chi connectivity index (χ1v) is 8.53. The van der Waals surface area contributed by atoms with Gasteiger partial charge in [0.25, 0.3) is 0 Å². The first kappa shape index (κ1) is 16.1. The van der Waals surface area contributed by atoms with Crippen LogP contribution in [0.3, 0.4) is 0 Å². The van der Waals surface area contributed by atoms with E-state index in [4.69, 9.17) is 14.2 Å². The van der Waals surface area contributed by atoms with Crippen molar-refractivity contribution in [1.82, 2.24) is 4.90 Å². The largest absolute Gasteiger partial charge is 0.489 e. The standard InChI is InChI=1S/C18H22N2O5/c1-18(2,3)25-17(22)19-4-5-20-12(8-19)10-23-15-7-13-11(6-14(15)20)9-24-16(13)21/h6-7,12H,4-5,8-10H2,1-3H3/t12-/m0/s1. The summed E-state index contributed by atoms with van der Waals surface area (Å²) in [6, 6.07) is 3.83. The summed E-state index contributed by atoms with van der Waals surface area (Å²) in [5.74, 6) is 0.415. The lowest BCUT2D eigenvalue weighted by Gasteiger charge is -2.45. The monoisotopic (exact) mass is 346 g/mol. The van der Waals surface area contributed by atoms with Gasteiger partial charge in [-0.25, -0.2) is 9.59 Å². The van der Waals surface area contributed by atoms with Gasteiger partial charge < -0.3 is 24.0 Å². The lowest BCUT2D eigenvalue weighted by atomic mass is 10.0. The van der Waals surface area contributed by atoms with Crippen molar-refractivity contribution in [2.24, 2.45) is 0 Å². The number of cyclic esters (lactones) is 1. The van der Waals surface area contributed by atoms with Crippen LogP contribution in [0.5, 0.6) is 5.75 Å². The van der Waals surface area contributed by atoms with Gasteiger partial charge in [-0.1, -0.05) is 0 Å². The fourth-order valence-corrected chi connectivity index (χ4v) is 3.48. The van der Waals surface area contributed by atoms with Gasteiger partial charge in [-0.05, 0) is 32.9 Å². The molecule has 1 amide bonds. The SMILES string of the molecule is CC(C)(C)OC(=O)N1CCN2c3cc4c(cc3OC[C@@H]2C1)C(=O)OC4. The fourth-order valence-electron chi connectivity index (χ4n) is 3.48. The maximum atomic E-state index is 12.3. The third-order valence-corrected chi connectivity index (χ3v) is 4.64. The Balaban J connectivity index is 1.53. The molecule has 3 heterocycles. The summed E-state index contributed by atoms with van der Waals surface area (Å²) in [6.07, 6.45) is -0.286. The molecule has 0 unspecified atom stereocenters. The van der Waals surface area contributed by atoms with Crippen LogP contribution in [0.1, 0.15) is 36.7 Å². The van der Waals surface area contributed by atoms with Crippen LogP contribution in [0.2, 0.25) is 0 Å². The Morgan fingerprint density at radius 1 is 1.24 bits per heavy atom. The van der Waals surface area contributed by atoms with E-state index in [1.54, 1.807) is 11.0 Å². The highest BCUT2D eigenvalue weighted by Gasteiger charge is 2.37. The van der Waals surface area contributed by atoms with Crippen LogP contribution in [-0.2, 0) is 16.1 Å². The van der Waals surface area contributed by atoms with E-state index in [9.17, 15) is 9.59 Å². The van der Waals surface area contributed by atoms with Gasteiger partial charge in [0.05, 0.1) is 17.3 Å². The number of carbonyl (C=O) groups is 2. The number of piperazine rings is 1. The van der Waals surface area contributed by atoms with Crippen molar-refractivity contribution >= 4 is 17.7 Å². The maximum Gasteiger partial charge on any atom is 0.410 e. The Kier molecular flexibility index (Phi) is 3.56. The molecule has 0 radical (unpaired) electrons. The quantitative estimate of drug-likeness (QED) is 0.671. The highest BCUT2D eigenvalue weighted by molar-refractivity contribution is 5.95. The van der Waals surface area contributed by atoms with Crippen molar-refractivity contribution in [2.45, 2.75) is 39.0 Å². The lowest BCUT2D eigenvalue weighted by Crippen LogP contribution is -2.59. The molecule has 7 nitrogen and oxygen atoms in total. The van der Waals surface area contributed by atoms with Crippen molar-refractivity contribution in [3.05, 3.63) is 23.3 Å². The molecule has 0 aromatic heterocycles. The summed E-state index contributed by atoms with van der Waals surface area (Å²) in [7, 11) is 0. The summed E-state index contributed by atoms with van der Waals surface area (Å²) >= 11 is 0. The van der Waals surface area contributed by atoms with Gasteiger partial charge in [-0.2, -0.15) is 0 Å². The van der Waals surface area contributed by atoms with E-state index in [1.807, 2.05) is 26.8 Å². The van der Waals surface area contributed by atoms with Crippen LogP contribution < -0.4 is 9.64 Å². The van der Waals surface area contributed by atoms with Crippen LogP contribution in [-0.4, -0.2) is 54.8 Å². The first-order chi connectivity index (χ1) is 11.8. The third kappa shape index (κ3) is 2.88. The Hall–Kier alpha value is -2.44. The molecule has 0 spiro atoms. The molecule has 1 aromatic rings. The van der Waals surface area contributed by atoms with Crippen molar-refractivity contribution in [3.63, 3.8) is 0 Å². The highest BCUT2D eigenvalue weighted by atomic mass is 16.6. The molecule has 1 aromatic carbocycles. The number of rotatable bonds is 0. The Morgan fingerprint density at radius 3 is 2.80 bits per heavy atom. The zero-order valence-corrected chi connectivity index (χ0v) is 14.7. The molecule has 3 aliphatic rings. The third-order valence-electron chi connectivity index (χ3n) is 4.64. The van der Waals surface area contributed by atoms with Crippen molar-refractivity contribution in [2.75, 3.05) is 31.1 Å². The fraction of sp³-hybridized carbons (Fsp3) is 0.556. The second-order valence-corrected chi connectivity index (χ2v) is 7.64. The molecular formula is C18H22N2O5. The number of nitrogens with zero attached hydrogens (tertiary/aromatic N) is 2. The van der Waals surface area contributed by atoms with Gasteiger partial charge in [0.1, 0.15) is 24.6 Å². The number of fused-ring (bicyclic) bond motifs is 4. The predicted molar refractivity (Wildman–Crippen MR) is 90.0 cm³/mol. The predicted octanol–water partition coefficient (Wildman–Crippen LogP) is 2.18. The molecule has 0 saturated carbocycles. The van der Waals surface area contributed by atoms with Crippen molar-refractivity contribution < 1.29 is 23.8 Å². The van der Waals surface area contributed by atoms with E-state index in [-0.39, 0.29) is 18.1 Å². The number of hydrogen-bond donors (Lipinski definition) is 0. The topological polar surface area (TPSA) is 68.3 Å². The number of ether oxygens (including phenoxy) is 3. The number of anilines is 1. The Morgan fingerprint density at radius 2 is 2.04 bits per heavy atom. The average molecular weight is 346 g/mol. The zero-order valence-electron chi connectivity index (χ0n) is 14.7. The molecule has 1 fully saturated rings. The molecule has 0 N–H and O–H groups in total. The van der Waals surface area contributed by atoms with Crippen LogP contribution in [0, 0.1) is 0 Å². The smallest absolute Gasteiger partial charge is 0.410 e. The summed E-state index contributed by atoms with van der Waals surface area (Å²) in [5, 5.41) is 0. The molecule has 4 rings (SSSR count). The highest BCUT2D eigenvalue weighted by Crippen LogP contribution is 2.39. The van der Waals surface area contributed by atoms with Gasteiger partial charge >= 0.3 is 12.1 Å². The number of amides is 1. The molecule has 0 aliphatic carbocycles. The van der Waals surface area contributed by atoms with E-state index < -0.39 is 5.60 Å². The maximum absolute atomic E-state index is 12.3. The number of esters is 1. The van der Waals surface area contributed by atoms with Crippen LogP contribution in [0.4, 0.5) is 10.5 Å². The second kappa shape index (κ2) is 5.54. The second-order valence-electron chi connectivity index (χ2n) is 7.64. The van der Waals surface area contributed by atoms with Gasteiger partial charge in [0, 0.05) is 25.2 Å². The molecule has 0 bridgehead atoms. The lowest BCUT2D eigenvalue weighted by molar-refractivity contribution is 0.0194. The Bertz CT molecular complexity index is 740. The minimum absolute atomic E-state index is 0.0739. The molecule has 25 heavy (non-hydrogen) atoms. The van der Waals surface area contributed by atoms with E-state index in [1.165, 1.54) is 0 Å². The summed E-state index contributed by atoms with van der Waals surface area (Å²) < 4.78 is 16.4. The zero-order chi connectivity index (χ0) is 17.8. The van der Waals surface area contributed by atoms with E-state index in [0.29, 0.717) is 44.2 Å². The summed E-state index contributed by atoms with van der Waals surface area (Å²) in [5.41, 5.74) is 1.95. The van der Waals surface area contributed by atoms with Crippen LogP contribution in [0.25, 0.3) is 0 Å². The van der Waals surface area contributed by atoms with Crippen molar-refractivity contribution in [1.29, 1.82) is 0 Å². The number of benzene rings is 1. The minimum atomic E-state index is -0.503. The molecule has 7 heteroatoms. The van der Waals surface area contributed by atoms with E-state index in [0.717, 1.165) is 11.3 Å². The first-order valence-electron chi connectivity index (χ1n) is 8.53. The molecule has 3 aliphatic heterocycles. The van der Waals surface area contributed by atoms with E-state index >= 15 is 0 Å². The molecule has 1 saturated heterocycles. The van der Waals surface area contributed by atoms with Gasteiger partial charge in [-0.3, -0.25) is 0 Å². The van der Waals surface area contributed by atoms with Crippen LogP contribution >= 0.6 is 0 Å². The van der Waals surface area contributed by atoms with Gasteiger partial charge in [0.15, 0.2) is 0 Å².